The molecule has 118 valence electrons. The van der Waals surface area contributed by atoms with Crippen molar-refractivity contribution in [2.75, 3.05) is 40.3 Å². The Balaban J connectivity index is 2.09. The first-order chi connectivity index (χ1) is 9.83. The third-order valence-corrected chi connectivity index (χ3v) is 4.99. The van der Waals surface area contributed by atoms with Crippen LogP contribution in [0.15, 0.2) is 18.2 Å². The molecular formula is C18H31N3. The lowest BCUT2D eigenvalue weighted by Crippen LogP contribution is -2.58. The van der Waals surface area contributed by atoms with E-state index < -0.39 is 0 Å². The zero-order valence-corrected chi connectivity index (χ0v) is 14.5. The molecule has 1 N–H and O–H groups in total. The van der Waals surface area contributed by atoms with Gasteiger partial charge in [-0.2, -0.15) is 0 Å². The van der Waals surface area contributed by atoms with E-state index in [1.54, 1.807) is 0 Å². The van der Waals surface area contributed by atoms with E-state index in [9.17, 15) is 0 Å². The van der Waals surface area contributed by atoms with Crippen LogP contribution in [-0.2, 0) is 0 Å². The average Bonchev–Trinajstić information content (AvgIpc) is 2.40. The van der Waals surface area contributed by atoms with Gasteiger partial charge in [0, 0.05) is 37.8 Å². The molecule has 1 aliphatic heterocycles. The van der Waals surface area contributed by atoms with Crippen molar-refractivity contribution in [2.24, 2.45) is 0 Å². The standard InChI is InChI=1S/C18H31N3/c1-14-7-8-16(15(2)11-14)17(19-5)12-21-10-9-20(6)18(3,4)13-21/h7-8,11,17,19H,9-10,12-13H2,1-6H3. The predicted molar refractivity (Wildman–Crippen MR) is 90.9 cm³/mol. The Hall–Kier alpha value is -0.900. The van der Waals surface area contributed by atoms with Crippen LogP contribution < -0.4 is 5.32 Å². The van der Waals surface area contributed by atoms with E-state index in [-0.39, 0.29) is 5.54 Å². The second-order valence-electron chi connectivity index (χ2n) is 7.17. The number of aryl methyl sites for hydroxylation is 2. The summed E-state index contributed by atoms with van der Waals surface area (Å²) >= 11 is 0. The summed E-state index contributed by atoms with van der Waals surface area (Å²) in [5, 5.41) is 3.51. The lowest BCUT2D eigenvalue weighted by molar-refractivity contribution is 0.0355. The maximum atomic E-state index is 3.51. The van der Waals surface area contributed by atoms with Crippen molar-refractivity contribution in [2.45, 2.75) is 39.3 Å². The van der Waals surface area contributed by atoms with Gasteiger partial charge in [0.25, 0.3) is 0 Å². The normalized spacial score (nSPS) is 21.4. The SMILES string of the molecule is CNC(CN1CCN(C)C(C)(C)C1)c1ccc(C)cc1C. The van der Waals surface area contributed by atoms with Gasteiger partial charge in [0.05, 0.1) is 0 Å². The zero-order chi connectivity index (χ0) is 15.6. The first-order valence-corrected chi connectivity index (χ1v) is 8.01. The number of likely N-dealkylation sites (N-methyl/N-ethyl adjacent to an activating group) is 2. The minimum atomic E-state index is 0.263. The molecule has 1 aromatic rings. The zero-order valence-electron chi connectivity index (χ0n) is 14.5. The third kappa shape index (κ3) is 3.85. The Morgan fingerprint density at radius 1 is 1.24 bits per heavy atom. The molecule has 0 bridgehead atoms. The molecule has 1 heterocycles. The van der Waals surface area contributed by atoms with Gasteiger partial charge in [0.1, 0.15) is 0 Å². The lowest BCUT2D eigenvalue weighted by atomic mass is 9.96. The van der Waals surface area contributed by atoms with Crippen molar-refractivity contribution in [3.8, 4) is 0 Å². The van der Waals surface area contributed by atoms with E-state index in [1.165, 1.54) is 16.7 Å². The Kier molecular flexibility index (Phi) is 5.07. The van der Waals surface area contributed by atoms with Crippen molar-refractivity contribution in [1.82, 2.24) is 15.1 Å². The average molecular weight is 289 g/mol. The van der Waals surface area contributed by atoms with Crippen LogP contribution in [0, 0.1) is 13.8 Å². The summed E-state index contributed by atoms with van der Waals surface area (Å²) in [7, 11) is 4.31. The van der Waals surface area contributed by atoms with Crippen molar-refractivity contribution >= 4 is 0 Å². The van der Waals surface area contributed by atoms with Crippen LogP contribution in [0.1, 0.15) is 36.6 Å². The summed E-state index contributed by atoms with van der Waals surface area (Å²) in [6, 6.07) is 7.20. The highest BCUT2D eigenvalue weighted by atomic mass is 15.3. The number of rotatable bonds is 4. The third-order valence-electron chi connectivity index (χ3n) is 4.99. The van der Waals surface area contributed by atoms with Crippen molar-refractivity contribution in [3.63, 3.8) is 0 Å². The maximum absolute atomic E-state index is 3.51. The molecule has 0 radical (unpaired) electrons. The van der Waals surface area contributed by atoms with E-state index in [4.69, 9.17) is 0 Å². The second kappa shape index (κ2) is 6.47. The molecule has 1 saturated heterocycles. The van der Waals surface area contributed by atoms with Crippen LogP contribution >= 0.6 is 0 Å². The molecule has 1 atom stereocenters. The predicted octanol–water partition coefficient (Wildman–Crippen LogP) is 2.59. The molecule has 0 amide bonds. The van der Waals surface area contributed by atoms with Gasteiger partial charge in [-0.3, -0.25) is 9.80 Å². The number of nitrogens with zero attached hydrogens (tertiary/aromatic N) is 2. The molecule has 1 aliphatic rings. The molecular weight excluding hydrogens is 258 g/mol. The van der Waals surface area contributed by atoms with Crippen LogP contribution in [0.3, 0.4) is 0 Å². The molecule has 1 aromatic carbocycles. The van der Waals surface area contributed by atoms with Gasteiger partial charge in [0.15, 0.2) is 0 Å². The summed E-state index contributed by atoms with van der Waals surface area (Å²) in [5.74, 6) is 0. The molecule has 1 fully saturated rings. The van der Waals surface area contributed by atoms with E-state index in [1.807, 2.05) is 0 Å². The largest absolute Gasteiger partial charge is 0.312 e. The van der Waals surface area contributed by atoms with Crippen LogP contribution in [0.5, 0.6) is 0 Å². The van der Waals surface area contributed by atoms with Crippen molar-refractivity contribution < 1.29 is 0 Å². The molecule has 21 heavy (non-hydrogen) atoms. The monoisotopic (exact) mass is 289 g/mol. The summed E-state index contributed by atoms with van der Waals surface area (Å²) in [4.78, 5) is 5.06. The van der Waals surface area contributed by atoms with Gasteiger partial charge in [-0.15, -0.1) is 0 Å². The number of piperazine rings is 1. The molecule has 2 rings (SSSR count). The second-order valence-corrected chi connectivity index (χ2v) is 7.17. The fourth-order valence-electron chi connectivity index (χ4n) is 3.32. The van der Waals surface area contributed by atoms with Gasteiger partial charge in [0.2, 0.25) is 0 Å². The summed E-state index contributed by atoms with van der Waals surface area (Å²) in [6.07, 6.45) is 0. The van der Waals surface area contributed by atoms with Gasteiger partial charge in [-0.1, -0.05) is 23.8 Å². The van der Waals surface area contributed by atoms with E-state index >= 15 is 0 Å². The quantitative estimate of drug-likeness (QED) is 0.919. The fraction of sp³-hybridized carbons (Fsp3) is 0.667. The smallest absolute Gasteiger partial charge is 0.0449 e. The highest BCUT2D eigenvalue weighted by Crippen LogP contribution is 2.23. The minimum absolute atomic E-state index is 0.263. The van der Waals surface area contributed by atoms with Crippen LogP contribution in [0.25, 0.3) is 0 Å². The first-order valence-electron chi connectivity index (χ1n) is 8.01. The molecule has 0 spiro atoms. The Morgan fingerprint density at radius 3 is 2.52 bits per heavy atom. The van der Waals surface area contributed by atoms with E-state index in [0.717, 1.165) is 26.2 Å². The topological polar surface area (TPSA) is 18.5 Å². The number of benzene rings is 1. The molecule has 3 nitrogen and oxygen atoms in total. The molecule has 0 saturated carbocycles. The number of hydrogen-bond acceptors (Lipinski definition) is 3. The van der Waals surface area contributed by atoms with Crippen LogP contribution in [-0.4, -0.2) is 55.6 Å². The van der Waals surface area contributed by atoms with E-state index in [2.05, 4.69) is 75.1 Å². The van der Waals surface area contributed by atoms with Crippen molar-refractivity contribution in [1.29, 1.82) is 0 Å². The minimum Gasteiger partial charge on any atom is -0.312 e. The van der Waals surface area contributed by atoms with Gasteiger partial charge in [-0.25, -0.2) is 0 Å². The number of hydrogen-bond donors (Lipinski definition) is 1. The van der Waals surface area contributed by atoms with Crippen molar-refractivity contribution in [3.05, 3.63) is 34.9 Å². The van der Waals surface area contributed by atoms with Gasteiger partial charge < -0.3 is 5.32 Å². The highest BCUT2D eigenvalue weighted by molar-refractivity contribution is 5.33. The van der Waals surface area contributed by atoms with Gasteiger partial charge >= 0.3 is 0 Å². The van der Waals surface area contributed by atoms with Gasteiger partial charge in [-0.05, 0) is 52.9 Å². The lowest BCUT2D eigenvalue weighted by Gasteiger charge is -2.46. The molecule has 1 unspecified atom stereocenters. The number of nitrogens with one attached hydrogen (secondary N) is 1. The fourth-order valence-corrected chi connectivity index (χ4v) is 3.32. The Labute approximate surface area is 130 Å². The summed E-state index contributed by atoms with van der Waals surface area (Å²) in [6.45, 7) is 13.6. The van der Waals surface area contributed by atoms with E-state index in [0.29, 0.717) is 6.04 Å². The Morgan fingerprint density at radius 2 is 1.95 bits per heavy atom. The first kappa shape index (κ1) is 16.5. The highest BCUT2D eigenvalue weighted by Gasteiger charge is 2.31. The molecule has 3 heteroatoms. The van der Waals surface area contributed by atoms with Crippen LogP contribution in [0.4, 0.5) is 0 Å². The molecule has 0 aromatic heterocycles. The molecule has 0 aliphatic carbocycles. The Bertz CT molecular complexity index is 481. The maximum Gasteiger partial charge on any atom is 0.0449 e. The summed E-state index contributed by atoms with van der Waals surface area (Å²) in [5.41, 5.74) is 4.42. The van der Waals surface area contributed by atoms with Crippen LogP contribution in [0.2, 0.25) is 0 Å². The summed E-state index contributed by atoms with van der Waals surface area (Å²) < 4.78 is 0.